The first kappa shape index (κ1) is 18.8. The highest BCUT2D eigenvalue weighted by atomic mass is 79.9. The molecule has 0 aromatic heterocycles. The lowest BCUT2D eigenvalue weighted by Crippen LogP contribution is -2.45. The van der Waals surface area contributed by atoms with Gasteiger partial charge >= 0.3 is 0 Å². The number of benzene rings is 1. The first-order valence-electron chi connectivity index (χ1n) is 7.08. The van der Waals surface area contributed by atoms with Gasteiger partial charge in [-0.25, -0.2) is 8.78 Å². The SMILES string of the molecule is CC(C)C[C@@H](c1c(F)cc(Br)cc1F)N1CCNCC1.Cl. The summed E-state index contributed by atoms with van der Waals surface area (Å²) >= 11 is 3.14. The van der Waals surface area contributed by atoms with Gasteiger partial charge in [-0.15, -0.1) is 12.4 Å². The van der Waals surface area contributed by atoms with Crippen LogP contribution in [-0.2, 0) is 0 Å². The van der Waals surface area contributed by atoms with Crippen molar-refractivity contribution in [2.75, 3.05) is 26.2 Å². The fraction of sp³-hybridized carbons (Fsp3) is 0.600. The summed E-state index contributed by atoms with van der Waals surface area (Å²) in [7, 11) is 0. The molecule has 6 heteroatoms. The third kappa shape index (κ3) is 4.88. The van der Waals surface area contributed by atoms with Crippen LogP contribution in [0.5, 0.6) is 0 Å². The van der Waals surface area contributed by atoms with Crippen molar-refractivity contribution in [3.8, 4) is 0 Å². The van der Waals surface area contributed by atoms with Gasteiger partial charge < -0.3 is 5.32 Å². The average molecular weight is 384 g/mol. The lowest BCUT2D eigenvalue weighted by Gasteiger charge is -2.36. The van der Waals surface area contributed by atoms with E-state index in [0.717, 1.165) is 32.6 Å². The Labute approximate surface area is 139 Å². The zero-order valence-corrected chi connectivity index (χ0v) is 14.7. The average Bonchev–Trinajstić information content (AvgIpc) is 2.37. The fourth-order valence-electron chi connectivity index (χ4n) is 2.76. The molecule has 0 radical (unpaired) electrons. The Morgan fingerprint density at radius 3 is 2.19 bits per heavy atom. The fourth-order valence-corrected chi connectivity index (χ4v) is 3.16. The maximum Gasteiger partial charge on any atom is 0.132 e. The number of rotatable bonds is 4. The minimum Gasteiger partial charge on any atom is -0.314 e. The summed E-state index contributed by atoms with van der Waals surface area (Å²) in [5, 5.41) is 3.28. The van der Waals surface area contributed by atoms with Crippen LogP contribution >= 0.6 is 28.3 Å². The predicted octanol–water partition coefficient (Wildman–Crippen LogP) is 4.14. The van der Waals surface area contributed by atoms with Gasteiger partial charge in [-0.2, -0.15) is 0 Å². The number of hydrogen-bond donors (Lipinski definition) is 1. The van der Waals surface area contributed by atoms with Crippen LogP contribution < -0.4 is 5.32 Å². The van der Waals surface area contributed by atoms with E-state index < -0.39 is 11.6 Å². The van der Waals surface area contributed by atoms with Crippen molar-refractivity contribution in [1.82, 2.24) is 10.2 Å². The highest BCUT2D eigenvalue weighted by Crippen LogP contribution is 2.33. The Morgan fingerprint density at radius 2 is 1.71 bits per heavy atom. The topological polar surface area (TPSA) is 15.3 Å². The van der Waals surface area contributed by atoms with E-state index in [1.54, 1.807) is 0 Å². The largest absolute Gasteiger partial charge is 0.314 e. The number of piperazine rings is 1. The van der Waals surface area contributed by atoms with Crippen molar-refractivity contribution in [2.45, 2.75) is 26.3 Å². The van der Waals surface area contributed by atoms with Gasteiger partial charge in [0.15, 0.2) is 0 Å². The normalized spacial score (nSPS) is 17.6. The van der Waals surface area contributed by atoms with Gasteiger partial charge in [-0.1, -0.05) is 29.8 Å². The van der Waals surface area contributed by atoms with Crippen LogP contribution in [0.3, 0.4) is 0 Å². The first-order valence-corrected chi connectivity index (χ1v) is 7.87. The molecule has 1 saturated heterocycles. The molecule has 0 bridgehead atoms. The van der Waals surface area contributed by atoms with Crippen LogP contribution in [-0.4, -0.2) is 31.1 Å². The number of nitrogens with one attached hydrogen (secondary N) is 1. The molecular formula is C15H22BrClF2N2. The van der Waals surface area contributed by atoms with Crippen molar-refractivity contribution < 1.29 is 8.78 Å². The van der Waals surface area contributed by atoms with Crippen LogP contribution in [0.1, 0.15) is 31.9 Å². The molecule has 1 aliphatic heterocycles. The Morgan fingerprint density at radius 1 is 1.19 bits per heavy atom. The second kappa shape index (κ2) is 8.42. The lowest BCUT2D eigenvalue weighted by atomic mass is 9.94. The van der Waals surface area contributed by atoms with E-state index >= 15 is 0 Å². The standard InChI is InChI=1S/C15H21BrF2N2.ClH/c1-10(2)7-14(20-5-3-19-4-6-20)15-12(17)8-11(16)9-13(15)18;/h8-10,14,19H,3-7H2,1-2H3;1H/t14-;/m0./s1. The summed E-state index contributed by atoms with van der Waals surface area (Å²) in [4.78, 5) is 2.19. The molecular weight excluding hydrogens is 362 g/mol. The molecule has 0 unspecified atom stereocenters. The number of hydrogen-bond acceptors (Lipinski definition) is 2. The van der Waals surface area contributed by atoms with Gasteiger partial charge in [0.25, 0.3) is 0 Å². The monoisotopic (exact) mass is 382 g/mol. The molecule has 0 amide bonds. The van der Waals surface area contributed by atoms with Crippen LogP contribution in [0.25, 0.3) is 0 Å². The molecule has 1 N–H and O–H groups in total. The summed E-state index contributed by atoms with van der Waals surface area (Å²) in [6.07, 6.45) is 0.759. The van der Waals surface area contributed by atoms with Gasteiger partial charge in [-0.05, 0) is 24.5 Å². The molecule has 0 saturated carbocycles. The molecule has 1 aromatic carbocycles. The quantitative estimate of drug-likeness (QED) is 0.840. The van der Waals surface area contributed by atoms with E-state index in [1.165, 1.54) is 12.1 Å². The molecule has 2 rings (SSSR count). The minimum atomic E-state index is -0.457. The third-order valence-electron chi connectivity index (χ3n) is 3.66. The second-order valence-electron chi connectivity index (χ2n) is 5.71. The maximum absolute atomic E-state index is 14.3. The molecule has 1 aliphatic rings. The van der Waals surface area contributed by atoms with Crippen molar-refractivity contribution in [1.29, 1.82) is 0 Å². The van der Waals surface area contributed by atoms with E-state index in [2.05, 4.69) is 40.0 Å². The Kier molecular flexibility index (Phi) is 7.54. The summed E-state index contributed by atoms with van der Waals surface area (Å²) in [5.41, 5.74) is 0.212. The van der Waals surface area contributed by atoms with Gasteiger partial charge in [0.1, 0.15) is 11.6 Å². The van der Waals surface area contributed by atoms with Crippen LogP contribution in [0.4, 0.5) is 8.78 Å². The lowest BCUT2D eigenvalue weighted by molar-refractivity contribution is 0.147. The Balaban J connectivity index is 0.00000220. The van der Waals surface area contributed by atoms with Crippen molar-refractivity contribution in [2.24, 2.45) is 5.92 Å². The zero-order valence-electron chi connectivity index (χ0n) is 12.3. The first-order chi connectivity index (χ1) is 9.49. The van der Waals surface area contributed by atoms with E-state index in [0.29, 0.717) is 10.4 Å². The predicted molar refractivity (Wildman–Crippen MR) is 87.9 cm³/mol. The van der Waals surface area contributed by atoms with Gasteiger partial charge in [0.2, 0.25) is 0 Å². The van der Waals surface area contributed by atoms with Gasteiger partial charge in [-0.3, -0.25) is 4.90 Å². The van der Waals surface area contributed by atoms with Crippen LogP contribution in [0, 0.1) is 17.6 Å². The third-order valence-corrected chi connectivity index (χ3v) is 4.12. The van der Waals surface area contributed by atoms with Crippen molar-refractivity contribution >= 4 is 28.3 Å². The molecule has 1 fully saturated rings. The molecule has 1 atom stereocenters. The number of halogens is 4. The molecule has 21 heavy (non-hydrogen) atoms. The van der Waals surface area contributed by atoms with Crippen molar-refractivity contribution in [3.63, 3.8) is 0 Å². The summed E-state index contributed by atoms with van der Waals surface area (Å²) in [6, 6.07) is 2.52. The van der Waals surface area contributed by atoms with E-state index in [-0.39, 0.29) is 24.0 Å². The molecule has 120 valence electrons. The van der Waals surface area contributed by atoms with Crippen LogP contribution in [0.2, 0.25) is 0 Å². The van der Waals surface area contributed by atoms with Gasteiger partial charge in [0, 0.05) is 42.3 Å². The molecule has 0 aliphatic carbocycles. The van der Waals surface area contributed by atoms with Crippen LogP contribution in [0.15, 0.2) is 16.6 Å². The second-order valence-corrected chi connectivity index (χ2v) is 6.63. The summed E-state index contributed by atoms with van der Waals surface area (Å²) in [6.45, 7) is 7.56. The minimum absolute atomic E-state index is 0. The molecule has 2 nitrogen and oxygen atoms in total. The Bertz CT molecular complexity index is 442. The maximum atomic E-state index is 14.3. The highest BCUT2D eigenvalue weighted by Gasteiger charge is 2.28. The van der Waals surface area contributed by atoms with E-state index in [9.17, 15) is 8.78 Å². The Hall–Kier alpha value is -0.230. The zero-order chi connectivity index (χ0) is 14.7. The van der Waals surface area contributed by atoms with E-state index in [4.69, 9.17) is 0 Å². The number of nitrogens with zero attached hydrogens (tertiary/aromatic N) is 1. The van der Waals surface area contributed by atoms with Crippen molar-refractivity contribution in [3.05, 3.63) is 33.8 Å². The van der Waals surface area contributed by atoms with E-state index in [1.807, 2.05) is 0 Å². The smallest absolute Gasteiger partial charge is 0.132 e. The molecule has 1 heterocycles. The molecule has 0 spiro atoms. The summed E-state index contributed by atoms with van der Waals surface area (Å²) < 4.78 is 29.0. The highest BCUT2D eigenvalue weighted by molar-refractivity contribution is 9.10. The van der Waals surface area contributed by atoms with Gasteiger partial charge in [0.05, 0.1) is 0 Å². The summed E-state index contributed by atoms with van der Waals surface area (Å²) in [5.74, 6) is -0.528. The molecule has 1 aromatic rings.